The molecule has 96 valence electrons. The molecule has 1 aliphatic rings. The van der Waals surface area contributed by atoms with Crippen LogP contribution >= 0.6 is 11.6 Å². The minimum atomic E-state index is -0.0884. The van der Waals surface area contributed by atoms with E-state index in [1.165, 1.54) is 0 Å². The van der Waals surface area contributed by atoms with Crippen molar-refractivity contribution in [1.29, 1.82) is 0 Å². The zero-order chi connectivity index (χ0) is 12.3. The number of hydrogen-bond donors (Lipinski definition) is 1. The first kappa shape index (κ1) is 12.6. The van der Waals surface area contributed by atoms with Gasteiger partial charge in [0.05, 0.1) is 5.60 Å². The van der Waals surface area contributed by atoms with E-state index in [1.54, 1.807) is 0 Å². The number of hydrogen-bond acceptors (Lipinski definition) is 5. The van der Waals surface area contributed by atoms with Gasteiger partial charge in [0.1, 0.15) is 0 Å². The molecule has 0 radical (unpaired) electrons. The highest BCUT2D eigenvalue weighted by Gasteiger charge is 2.29. The maximum atomic E-state index is 5.65. The largest absolute Gasteiger partial charge is 0.408 e. The lowest BCUT2D eigenvalue weighted by molar-refractivity contribution is -0.0555. The summed E-state index contributed by atoms with van der Waals surface area (Å²) in [6, 6.07) is 0.802. The summed E-state index contributed by atoms with van der Waals surface area (Å²) in [4.78, 5) is 0. The van der Waals surface area contributed by atoms with Crippen molar-refractivity contribution in [3.05, 3.63) is 5.89 Å². The van der Waals surface area contributed by atoms with E-state index in [0.717, 1.165) is 19.4 Å². The number of rotatable bonds is 4. The molecule has 0 aromatic carbocycles. The molecule has 2 heterocycles. The van der Waals surface area contributed by atoms with E-state index in [4.69, 9.17) is 20.8 Å². The van der Waals surface area contributed by atoms with Gasteiger partial charge in [-0.05, 0) is 26.7 Å². The molecule has 1 saturated heterocycles. The molecule has 1 atom stereocenters. The molecule has 1 aliphatic heterocycles. The van der Waals surface area contributed by atoms with Gasteiger partial charge < -0.3 is 14.5 Å². The molecule has 1 fully saturated rings. The van der Waals surface area contributed by atoms with Gasteiger partial charge in [-0.25, -0.2) is 0 Å². The van der Waals surface area contributed by atoms with E-state index in [-0.39, 0.29) is 5.60 Å². The Morgan fingerprint density at radius 1 is 1.47 bits per heavy atom. The van der Waals surface area contributed by atoms with Crippen molar-refractivity contribution in [2.75, 3.05) is 17.8 Å². The summed E-state index contributed by atoms with van der Waals surface area (Å²) in [5.74, 6) is 1.07. The van der Waals surface area contributed by atoms with Crippen molar-refractivity contribution in [3.8, 4) is 0 Å². The van der Waals surface area contributed by atoms with Crippen LogP contribution in [0, 0.1) is 0 Å². The normalized spacial score (nSPS) is 23.6. The number of halogens is 1. The van der Waals surface area contributed by atoms with Gasteiger partial charge in [0.25, 0.3) is 0 Å². The highest BCUT2D eigenvalue weighted by Crippen LogP contribution is 2.26. The fourth-order valence-electron chi connectivity index (χ4n) is 2.02. The van der Waals surface area contributed by atoms with Crippen LogP contribution in [0.1, 0.15) is 32.6 Å². The van der Waals surface area contributed by atoms with Crippen molar-refractivity contribution in [3.63, 3.8) is 0 Å². The standard InChI is InChI=1S/C11H18ClN3O2/c1-11(2)7-8(4-6-16-11)13-10-15-14-9(17-10)3-5-12/h8H,3-7H2,1-2H3,(H,13,15). The second-order valence-electron chi connectivity index (χ2n) is 4.88. The summed E-state index contributed by atoms with van der Waals surface area (Å²) in [6.07, 6.45) is 2.49. The van der Waals surface area contributed by atoms with Crippen LogP contribution in [-0.2, 0) is 11.2 Å². The van der Waals surface area contributed by atoms with E-state index in [9.17, 15) is 0 Å². The maximum Gasteiger partial charge on any atom is 0.315 e. The van der Waals surface area contributed by atoms with Crippen LogP contribution in [0.15, 0.2) is 4.42 Å². The molecule has 2 rings (SSSR count). The zero-order valence-corrected chi connectivity index (χ0v) is 11.0. The number of aryl methyl sites for hydroxylation is 1. The highest BCUT2D eigenvalue weighted by molar-refractivity contribution is 6.17. The Hall–Kier alpha value is -0.810. The number of ether oxygens (including phenoxy) is 1. The van der Waals surface area contributed by atoms with Crippen molar-refractivity contribution >= 4 is 17.6 Å². The molecule has 1 aromatic rings. The highest BCUT2D eigenvalue weighted by atomic mass is 35.5. The van der Waals surface area contributed by atoms with Crippen molar-refractivity contribution in [2.45, 2.75) is 44.8 Å². The molecule has 0 saturated carbocycles. The molecule has 0 amide bonds. The monoisotopic (exact) mass is 259 g/mol. The lowest BCUT2D eigenvalue weighted by Crippen LogP contribution is -2.40. The molecule has 17 heavy (non-hydrogen) atoms. The van der Waals surface area contributed by atoms with Gasteiger partial charge in [-0.15, -0.1) is 16.7 Å². The van der Waals surface area contributed by atoms with Gasteiger partial charge in [-0.1, -0.05) is 5.10 Å². The van der Waals surface area contributed by atoms with Crippen molar-refractivity contribution < 1.29 is 9.15 Å². The zero-order valence-electron chi connectivity index (χ0n) is 10.2. The second kappa shape index (κ2) is 5.23. The van der Waals surface area contributed by atoms with E-state index >= 15 is 0 Å². The van der Waals surface area contributed by atoms with Gasteiger partial charge in [0, 0.05) is 24.9 Å². The smallest absolute Gasteiger partial charge is 0.315 e. The minimum Gasteiger partial charge on any atom is -0.408 e. The maximum absolute atomic E-state index is 5.65. The summed E-state index contributed by atoms with van der Waals surface area (Å²) in [5.41, 5.74) is -0.0884. The number of aromatic nitrogens is 2. The first-order valence-electron chi connectivity index (χ1n) is 5.88. The number of alkyl halides is 1. The Kier molecular flexibility index (Phi) is 3.89. The third-order valence-corrected chi connectivity index (χ3v) is 2.99. The van der Waals surface area contributed by atoms with Crippen LogP contribution in [0.2, 0.25) is 0 Å². The average Bonchev–Trinajstić information content (AvgIpc) is 2.64. The molecule has 6 heteroatoms. The first-order valence-corrected chi connectivity index (χ1v) is 6.41. The lowest BCUT2D eigenvalue weighted by atomic mass is 9.94. The van der Waals surface area contributed by atoms with Crippen LogP contribution < -0.4 is 5.32 Å². The first-order chi connectivity index (χ1) is 8.09. The molecular weight excluding hydrogens is 242 g/mol. The van der Waals surface area contributed by atoms with Crippen LogP contribution in [-0.4, -0.2) is 34.3 Å². The average molecular weight is 260 g/mol. The van der Waals surface area contributed by atoms with Gasteiger partial charge in [0.15, 0.2) is 0 Å². The number of nitrogens with zero attached hydrogens (tertiary/aromatic N) is 2. The van der Waals surface area contributed by atoms with Gasteiger partial charge in [-0.3, -0.25) is 0 Å². The fourth-order valence-corrected chi connectivity index (χ4v) is 2.19. The van der Waals surface area contributed by atoms with Crippen molar-refractivity contribution in [1.82, 2.24) is 10.2 Å². The van der Waals surface area contributed by atoms with Crippen LogP contribution in [0.3, 0.4) is 0 Å². The third kappa shape index (κ3) is 3.57. The minimum absolute atomic E-state index is 0.0884. The summed E-state index contributed by atoms with van der Waals surface area (Å²) in [5, 5.41) is 11.1. The van der Waals surface area contributed by atoms with Gasteiger partial charge in [0.2, 0.25) is 5.89 Å². The van der Waals surface area contributed by atoms with Crippen LogP contribution in [0.5, 0.6) is 0 Å². The molecule has 1 N–H and O–H groups in total. The molecule has 0 aliphatic carbocycles. The quantitative estimate of drug-likeness (QED) is 0.840. The van der Waals surface area contributed by atoms with E-state index in [0.29, 0.717) is 30.2 Å². The van der Waals surface area contributed by atoms with Gasteiger partial charge >= 0.3 is 6.01 Å². The Balaban J connectivity index is 1.91. The molecular formula is C11H18ClN3O2. The predicted octanol–water partition coefficient (Wildman–Crippen LogP) is 2.22. The van der Waals surface area contributed by atoms with Crippen LogP contribution in [0.4, 0.5) is 6.01 Å². The Morgan fingerprint density at radius 3 is 3.00 bits per heavy atom. The number of nitrogens with one attached hydrogen (secondary N) is 1. The summed E-state index contributed by atoms with van der Waals surface area (Å²) in [7, 11) is 0. The van der Waals surface area contributed by atoms with E-state index in [1.807, 2.05) is 0 Å². The predicted molar refractivity (Wildman–Crippen MR) is 65.4 cm³/mol. The van der Waals surface area contributed by atoms with E-state index in [2.05, 4.69) is 29.4 Å². The number of anilines is 1. The summed E-state index contributed by atoms with van der Waals surface area (Å²) < 4.78 is 11.1. The fraction of sp³-hybridized carbons (Fsp3) is 0.818. The molecule has 1 aromatic heterocycles. The van der Waals surface area contributed by atoms with Crippen LogP contribution in [0.25, 0.3) is 0 Å². The summed E-state index contributed by atoms with van der Waals surface area (Å²) >= 11 is 5.61. The second-order valence-corrected chi connectivity index (χ2v) is 5.26. The Bertz CT molecular complexity index is 367. The molecule has 5 nitrogen and oxygen atoms in total. The molecule has 0 spiro atoms. The van der Waals surface area contributed by atoms with Gasteiger partial charge in [-0.2, -0.15) is 0 Å². The van der Waals surface area contributed by atoms with Crippen molar-refractivity contribution in [2.24, 2.45) is 0 Å². The molecule has 0 bridgehead atoms. The SMILES string of the molecule is CC1(C)CC(Nc2nnc(CCCl)o2)CCO1. The Labute approximate surface area is 106 Å². The third-order valence-electron chi connectivity index (χ3n) is 2.80. The molecule has 1 unspecified atom stereocenters. The topological polar surface area (TPSA) is 60.2 Å². The van der Waals surface area contributed by atoms with E-state index < -0.39 is 0 Å². The summed E-state index contributed by atoms with van der Waals surface area (Å²) in [6.45, 7) is 4.94. The Morgan fingerprint density at radius 2 is 2.29 bits per heavy atom. The lowest BCUT2D eigenvalue weighted by Gasteiger charge is -2.35.